The molecule has 6 heteroatoms. The molecule has 118 valence electrons. The van der Waals surface area contributed by atoms with E-state index in [1.807, 2.05) is 34.6 Å². The fourth-order valence-corrected chi connectivity index (χ4v) is 2.27. The first-order valence-corrected chi connectivity index (χ1v) is 7.35. The van der Waals surface area contributed by atoms with Gasteiger partial charge >= 0.3 is 5.97 Å². The summed E-state index contributed by atoms with van der Waals surface area (Å²) >= 11 is 0. The summed E-state index contributed by atoms with van der Waals surface area (Å²) < 4.78 is 5.59. The van der Waals surface area contributed by atoms with Crippen LogP contribution >= 0.6 is 0 Å². The number of nitrogens with one attached hydrogen (secondary N) is 1. The van der Waals surface area contributed by atoms with Crippen LogP contribution in [0.2, 0.25) is 0 Å². The molecule has 0 unspecified atom stereocenters. The van der Waals surface area contributed by atoms with Gasteiger partial charge in [-0.1, -0.05) is 13.8 Å². The van der Waals surface area contributed by atoms with Crippen LogP contribution in [0, 0.1) is 0 Å². The zero-order valence-electron chi connectivity index (χ0n) is 13.5. The number of aromatic nitrogens is 2. The summed E-state index contributed by atoms with van der Waals surface area (Å²) in [5, 5.41) is 20.7. The number of aromatic carboxylic acids is 1. The van der Waals surface area contributed by atoms with Crippen molar-refractivity contribution in [1.82, 2.24) is 10.2 Å². The summed E-state index contributed by atoms with van der Waals surface area (Å²) in [5.74, 6) is -0.669. The van der Waals surface area contributed by atoms with Gasteiger partial charge in [-0.05, 0) is 39.2 Å². The first-order chi connectivity index (χ1) is 9.86. The van der Waals surface area contributed by atoms with E-state index in [0.29, 0.717) is 31.8 Å². The summed E-state index contributed by atoms with van der Waals surface area (Å²) in [6.45, 7) is 10.7. The Hall–Kier alpha value is -1.69. The van der Waals surface area contributed by atoms with E-state index in [9.17, 15) is 9.90 Å². The van der Waals surface area contributed by atoms with Gasteiger partial charge in [0.25, 0.3) is 0 Å². The molecule has 0 amide bonds. The highest BCUT2D eigenvalue weighted by atomic mass is 16.5. The summed E-state index contributed by atoms with van der Waals surface area (Å²) in [7, 11) is 0. The number of hydrogen-bond acceptors (Lipinski definition) is 5. The van der Waals surface area contributed by atoms with Crippen molar-refractivity contribution in [3.05, 3.63) is 16.8 Å². The molecule has 0 radical (unpaired) electrons. The van der Waals surface area contributed by atoms with Gasteiger partial charge in [0.15, 0.2) is 5.82 Å². The van der Waals surface area contributed by atoms with E-state index < -0.39 is 11.6 Å². The number of carbonyl (C=O) groups is 1. The van der Waals surface area contributed by atoms with Crippen molar-refractivity contribution in [2.24, 2.45) is 0 Å². The lowest BCUT2D eigenvalue weighted by Gasteiger charge is -2.25. The minimum Gasteiger partial charge on any atom is -0.478 e. The minimum atomic E-state index is -0.979. The maximum atomic E-state index is 11.6. The van der Waals surface area contributed by atoms with Crippen LogP contribution in [-0.2, 0) is 17.6 Å². The largest absolute Gasteiger partial charge is 0.478 e. The van der Waals surface area contributed by atoms with Crippen LogP contribution in [0.5, 0.6) is 0 Å². The van der Waals surface area contributed by atoms with Crippen LogP contribution < -0.4 is 5.32 Å². The van der Waals surface area contributed by atoms with Gasteiger partial charge in [-0.2, -0.15) is 5.10 Å². The number of hydrogen-bond donors (Lipinski definition) is 2. The lowest BCUT2D eigenvalue weighted by Crippen LogP contribution is -2.34. The molecule has 0 bridgehead atoms. The Morgan fingerprint density at radius 2 is 1.90 bits per heavy atom. The van der Waals surface area contributed by atoms with Crippen LogP contribution in [0.3, 0.4) is 0 Å². The standard InChI is InChI=1S/C15H25N3O3/c1-6-10-11(7-2)17-18-13(12(10)14(19)20)16-9-15(4,5)21-8-3/h6-9H2,1-5H3,(H,16,18)(H,19,20). The van der Waals surface area contributed by atoms with E-state index in [1.165, 1.54) is 0 Å². The van der Waals surface area contributed by atoms with Gasteiger partial charge in [0, 0.05) is 13.2 Å². The third kappa shape index (κ3) is 4.39. The van der Waals surface area contributed by atoms with E-state index in [-0.39, 0.29) is 5.56 Å². The van der Waals surface area contributed by atoms with E-state index in [2.05, 4.69) is 15.5 Å². The van der Waals surface area contributed by atoms with Crippen LogP contribution in [0.4, 0.5) is 5.82 Å². The number of anilines is 1. The second-order valence-electron chi connectivity index (χ2n) is 5.41. The number of carboxylic acid groups (broad SMARTS) is 1. The van der Waals surface area contributed by atoms with E-state index in [1.54, 1.807) is 0 Å². The molecule has 1 aromatic heterocycles. The Morgan fingerprint density at radius 3 is 2.38 bits per heavy atom. The highest BCUT2D eigenvalue weighted by Crippen LogP contribution is 2.22. The summed E-state index contributed by atoms with van der Waals surface area (Å²) in [5.41, 5.74) is 1.31. The van der Waals surface area contributed by atoms with E-state index in [0.717, 1.165) is 11.3 Å². The quantitative estimate of drug-likeness (QED) is 0.766. The van der Waals surface area contributed by atoms with Crippen molar-refractivity contribution in [3.8, 4) is 0 Å². The number of rotatable bonds is 8. The predicted molar refractivity (Wildman–Crippen MR) is 81.9 cm³/mol. The van der Waals surface area contributed by atoms with Crippen molar-refractivity contribution in [2.45, 2.75) is 53.1 Å². The first kappa shape index (κ1) is 17.4. The van der Waals surface area contributed by atoms with Gasteiger partial charge < -0.3 is 15.2 Å². The number of nitrogens with zero attached hydrogens (tertiary/aromatic N) is 2. The second kappa shape index (κ2) is 7.36. The lowest BCUT2D eigenvalue weighted by molar-refractivity contribution is 0.000588. The highest BCUT2D eigenvalue weighted by Gasteiger charge is 2.23. The molecule has 0 saturated carbocycles. The zero-order valence-corrected chi connectivity index (χ0v) is 13.5. The third-order valence-corrected chi connectivity index (χ3v) is 3.28. The molecule has 6 nitrogen and oxygen atoms in total. The molecule has 0 aromatic carbocycles. The monoisotopic (exact) mass is 295 g/mol. The van der Waals surface area contributed by atoms with Crippen LogP contribution in [0.1, 0.15) is 56.2 Å². The van der Waals surface area contributed by atoms with Gasteiger partial charge in [0.1, 0.15) is 5.56 Å². The van der Waals surface area contributed by atoms with Crippen molar-refractivity contribution in [2.75, 3.05) is 18.5 Å². The van der Waals surface area contributed by atoms with Crippen molar-refractivity contribution in [3.63, 3.8) is 0 Å². The molecular weight excluding hydrogens is 270 g/mol. The molecule has 1 rings (SSSR count). The van der Waals surface area contributed by atoms with Crippen LogP contribution in [0.25, 0.3) is 0 Å². The fourth-order valence-electron chi connectivity index (χ4n) is 2.27. The molecule has 0 atom stereocenters. The molecule has 0 aliphatic carbocycles. The van der Waals surface area contributed by atoms with Gasteiger partial charge in [0.05, 0.1) is 11.3 Å². The maximum absolute atomic E-state index is 11.6. The molecule has 0 fully saturated rings. The normalized spacial score (nSPS) is 11.5. The average Bonchev–Trinajstić information content (AvgIpc) is 2.43. The SMILES string of the molecule is CCOC(C)(C)CNc1nnc(CC)c(CC)c1C(=O)O. The van der Waals surface area contributed by atoms with Crippen molar-refractivity contribution >= 4 is 11.8 Å². The minimum absolute atomic E-state index is 0.219. The van der Waals surface area contributed by atoms with Gasteiger partial charge in [-0.15, -0.1) is 5.10 Å². The maximum Gasteiger partial charge on any atom is 0.339 e. The Labute approximate surface area is 125 Å². The Kier molecular flexibility index (Phi) is 6.08. The Bertz CT molecular complexity index is 501. The molecule has 1 aromatic rings. The van der Waals surface area contributed by atoms with E-state index in [4.69, 9.17) is 4.74 Å². The summed E-state index contributed by atoms with van der Waals surface area (Å²) in [4.78, 5) is 11.6. The lowest BCUT2D eigenvalue weighted by atomic mass is 10.0. The summed E-state index contributed by atoms with van der Waals surface area (Å²) in [6, 6.07) is 0. The second-order valence-corrected chi connectivity index (χ2v) is 5.41. The molecular formula is C15H25N3O3. The Morgan fingerprint density at radius 1 is 1.24 bits per heavy atom. The van der Waals surface area contributed by atoms with Gasteiger partial charge in [-0.3, -0.25) is 0 Å². The molecule has 1 heterocycles. The third-order valence-electron chi connectivity index (χ3n) is 3.28. The number of carboxylic acids is 1. The molecule has 21 heavy (non-hydrogen) atoms. The smallest absolute Gasteiger partial charge is 0.339 e. The van der Waals surface area contributed by atoms with Crippen LogP contribution in [0.15, 0.2) is 0 Å². The summed E-state index contributed by atoms with van der Waals surface area (Å²) in [6.07, 6.45) is 1.28. The number of aryl methyl sites for hydroxylation is 1. The topological polar surface area (TPSA) is 84.3 Å². The molecule has 0 saturated heterocycles. The zero-order chi connectivity index (χ0) is 16.0. The average molecular weight is 295 g/mol. The van der Waals surface area contributed by atoms with Crippen molar-refractivity contribution < 1.29 is 14.6 Å². The number of ether oxygens (including phenoxy) is 1. The van der Waals surface area contributed by atoms with Crippen molar-refractivity contribution in [1.29, 1.82) is 0 Å². The highest BCUT2D eigenvalue weighted by molar-refractivity contribution is 5.95. The van der Waals surface area contributed by atoms with E-state index >= 15 is 0 Å². The van der Waals surface area contributed by atoms with Gasteiger partial charge in [0.2, 0.25) is 0 Å². The molecule has 0 aliphatic heterocycles. The fraction of sp³-hybridized carbons (Fsp3) is 0.667. The molecule has 0 aliphatic rings. The Balaban J connectivity index is 3.10. The molecule has 2 N–H and O–H groups in total. The predicted octanol–water partition coefficient (Wildman–Crippen LogP) is 2.53. The molecule has 0 spiro atoms. The van der Waals surface area contributed by atoms with Gasteiger partial charge in [-0.25, -0.2) is 4.79 Å². The van der Waals surface area contributed by atoms with Crippen LogP contribution in [-0.4, -0.2) is 40.0 Å². The first-order valence-electron chi connectivity index (χ1n) is 7.35.